The van der Waals surface area contributed by atoms with E-state index in [0.717, 1.165) is 55.1 Å². The van der Waals surface area contributed by atoms with Gasteiger partial charge in [-0.3, -0.25) is 9.36 Å². The van der Waals surface area contributed by atoms with Crippen LogP contribution in [-0.2, 0) is 13.0 Å². The molecule has 0 amide bonds. The van der Waals surface area contributed by atoms with Gasteiger partial charge in [0, 0.05) is 37.9 Å². The van der Waals surface area contributed by atoms with E-state index >= 15 is 0 Å². The monoisotopic (exact) mass is 544 g/mol. The third kappa shape index (κ3) is 5.14. The van der Waals surface area contributed by atoms with Crippen LogP contribution in [0.25, 0.3) is 10.9 Å². The molecule has 3 saturated carbocycles. The number of fused-ring (bicyclic) bond motifs is 3. The van der Waals surface area contributed by atoms with Crippen LogP contribution in [0, 0.1) is 29.0 Å². The Hall–Kier alpha value is -3.26. The van der Waals surface area contributed by atoms with Gasteiger partial charge in [-0.2, -0.15) is 0 Å². The number of aryl methyl sites for hydroxylation is 2. The Kier molecular flexibility index (Phi) is 7.15. The fourth-order valence-corrected chi connectivity index (χ4v) is 7.19. The predicted octanol–water partition coefficient (Wildman–Crippen LogP) is 4.91. The number of halogens is 1. The van der Waals surface area contributed by atoms with Gasteiger partial charge in [0.25, 0.3) is 5.56 Å². The molecule has 0 radical (unpaired) electrons. The van der Waals surface area contributed by atoms with Crippen LogP contribution < -0.4 is 16.2 Å². The molecule has 2 N–H and O–H groups in total. The minimum absolute atomic E-state index is 0.0682. The molecule has 1 aliphatic heterocycles. The minimum atomic E-state index is -0.258. The lowest BCUT2D eigenvalue weighted by Gasteiger charge is -2.61. The second kappa shape index (κ2) is 10.6. The lowest BCUT2D eigenvalue weighted by atomic mass is 9.45. The van der Waals surface area contributed by atoms with E-state index in [4.69, 9.17) is 4.99 Å². The second-order valence-corrected chi connectivity index (χ2v) is 12.8. The molecule has 40 heavy (non-hydrogen) atoms. The maximum absolute atomic E-state index is 13.2. The molecule has 212 valence electrons. The zero-order valence-corrected chi connectivity index (χ0v) is 24.0. The molecule has 3 aliphatic carbocycles. The first-order chi connectivity index (χ1) is 19.2. The summed E-state index contributed by atoms with van der Waals surface area (Å²) in [7, 11) is 0. The summed E-state index contributed by atoms with van der Waals surface area (Å²) < 4.78 is 14.8. The summed E-state index contributed by atoms with van der Waals surface area (Å²) >= 11 is 0. The van der Waals surface area contributed by atoms with Gasteiger partial charge in [0.2, 0.25) is 0 Å². The minimum Gasteiger partial charge on any atom is -0.340 e. The van der Waals surface area contributed by atoms with Gasteiger partial charge >= 0.3 is 0 Å². The van der Waals surface area contributed by atoms with Crippen LogP contribution in [0.4, 0.5) is 10.1 Å². The molecule has 2 aromatic carbocycles. The summed E-state index contributed by atoms with van der Waals surface area (Å²) in [6, 6.07) is 12.9. The average molecular weight is 545 g/mol. The molecule has 3 aromatic rings. The Bertz CT molecular complexity index is 1460. The molecular weight excluding hydrogens is 503 g/mol. The fraction of sp³-hybridized carbons (Fsp3) is 0.531. The first kappa shape index (κ1) is 26.9. The summed E-state index contributed by atoms with van der Waals surface area (Å²) in [5, 5.41) is 7.76. The standard InChI is InChI=1S/C32H41FN6O/c1-20-18-38(14-12-34-20)31(37-28-16-23-15-27(21(28)2)32(23,3)4)36-25-9-10-26-29(17-25)35-19-39(30(26)40)13-11-22-5-7-24(33)8-6-22/h5-10,17,19-21,23,27-28,34H,11-16,18H2,1-4H3,(H,36,37)/t20-,21-,23+,27-,28-/m0/s1. The summed E-state index contributed by atoms with van der Waals surface area (Å²) in [6.07, 6.45) is 4.73. The number of guanidine groups is 1. The number of aliphatic imine (C=N–C) groups is 1. The Morgan fingerprint density at radius 1 is 1.18 bits per heavy atom. The van der Waals surface area contributed by atoms with E-state index < -0.39 is 0 Å². The van der Waals surface area contributed by atoms with Gasteiger partial charge in [0.1, 0.15) is 5.82 Å². The lowest BCUT2D eigenvalue weighted by Crippen LogP contribution is -2.57. The van der Waals surface area contributed by atoms with E-state index in [1.165, 1.54) is 18.6 Å². The van der Waals surface area contributed by atoms with Crippen molar-refractivity contribution in [2.45, 2.75) is 65.6 Å². The number of aromatic nitrogens is 2. The molecule has 7 rings (SSSR count). The Labute approximate surface area is 235 Å². The van der Waals surface area contributed by atoms with E-state index in [9.17, 15) is 9.18 Å². The predicted molar refractivity (Wildman–Crippen MR) is 159 cm³/mol. The van der Waals surface area contributed by atoms with Crippen LogP contribution in [0.3, 0.4) is 0 Å². The van der Waals surface area contributed by atoms with E-state index in [-0.39, 0.29) is 11.4 Å². The SMILES string of the molecule is C[C@@H]1[C@@H](N=C(Nc2ccc3c(=O)n(CCc4ccc(F)cc4)cnc3c2)N2CCN[C@@H](C)C2)C[C@H]2C[C@@H]1C2(C)C. The molecule has 4 aliphatic rings. The van der Waals surface area contributed by atoms with Gasteiger partial charge in [-0.1, -0.05) is 32.9 Å². The normalized spacial score (nSPS) is 27.9. The Morgan fingerprint density at radius 2 is 1.98 bits per heavy atom. The molecule has 0 spiro atoms. The van der Waals surface area contributed by atoms with Gasteiger partial charge < -0.3 is 15.5 Å². The van der Waals surface area contributed by atoms with E-state index in [2.05, 4.69) is 48.2 Å². The number of nitrogens with zero attached hydrogens (tertiary/aromatic N) is 4. The largest absolute Gasteiger partial charge is 0.340 e. The number of anilines is 1. The van der Waals surface area contributed by atoms with E-state index in [0.29, 0.717) is 47.3 Å². The van der Waals surface area contributed by atoms with Gasteiger partial charge in [0.05, 0.1) is 23.3 Å². The molecule has 4 fully saturated rings. The van der Waals surface area contributed by atoms with Crippen LogP contribution in [0.5, 0.6) is 0 Å². The van der Waals surface area contributed by atoms with E-state index in [1.54, 1.807) is 23.0 Å². The molecule has 2 bridgehead atoms. The molecule has 1 saturated heterocycles. The first-order valence-corrected chi connectivity index (χ1v) is 14.8. The van der Waals surface area contributed by atoms with Crippen molar-refractivity contribution in [2.24, 2.45) is 28.2 Å². The van der Waals surface area contributed by atoms with Crippen molar-refractivity contribution in [1.29, 1.82) is 0 Å². The average Bonchev–Trinajstić information content (AvgIpc) is 2.94. The van der Waals surface area contributed by atoms with E-state index in [1.807, 2.05) is 18.2 Å². The second-order valence-electron chi connectivity index (χ2n) is 12.8. The van der Waals surface area contributed by atoms with Crippen molar-refractivity contribution >= 4 is 22.5 Å². The molecule has 8 heteroatoms. The molecule has 2 heterocycles. The maximum atomic E-state index is 13.2. The Balaban J connectivity index is 1.23. The molecular formula is C32H41FN6O. The highest BCUT2D eigenvalue weighted by Gasteiger charge is 2.56. The third-order valence-electron chi connectivity index (χ3n) is 9.91. The van der Waals surface area contributed by atoms with Crippen LogP contribution in [-0.4, -0.2) is 52.1 Å². The molecule has 0 unspecified atom stereocenters. The highest BCUT2D eigenvalue weighted by Crippen LogP contribution is 2.61. The van der Waals surface area contributed by atoms with Crippen molar-refractivity contribution in [3.8, 4) is 0 Å². The lowest BCUT2D eigenvalue weighted by molar-refractivity contribution is -0.108. The quantitative estimate of drug-likeness (QED) is 0.353. The smallest absolute Gasteiger partial charge is 0.261 e. The fourth-order valence-electron chi connectivity index (χ4n) is 7.19. The number of benzene rings is 2. The zero-order chi connectivity index (χ0) is 28.0. The van der Waals surface area contributed by atoms with Gasteiger partial charge in [-0.15, -0.1) is 0 Å². The van der Waals surface area contributed by atoms with Crippen molar-refractivity contribution in [3.63, 3.8) is 0 Å². The van der Waals surface area contributed by atoms with Crippen molar-refractivity contribution in [3.05, 3.63) is 70.5 Å². The number of rotatable bonds is 5. The van der Waals surface area contributed by atoms with Gasteiger partial charge in [-0.05, 0) is 85.3 Å². The number of piperazine rings is 1. The molecule has 5 atom stereocenters. The third-order valence-corrected chi connectivity index (χ3v) is 9.91. The zero-order valence-electron chi connectivity index (χ0n) is 24.0. The number of hydrogen-bond acceptors (Lipinski definition) is 4. The van der Waals surface area contributed by atoms with Gasteiger partial charge in [-0.25, -0.2) is 14.4 Å². The summed E-state index contributed by atoms with van der Waals surface area (Å²) in [6.45, 7) is 12.7. The first-order valence-electron chi connectivity index (χ1n) is 14.8. The molecule has 1 aromatic heterocycles. The summed E-state index contributed by atoms with van der Waals surface area (Å²) in [5.41, 5.74) is 2.90. The van der Waals surface area contributed by atoms with Crippen molar-refractivity contribution in [2.75, 3.05) is 25.0 Å². The van der Waals surface area contributed by atoms with Crippen LogP contribution in [0.2, 0.25) is 0 Å². The highest BCUT2D eigenvalue weighted by molar-refractivity contribution is 5.96. The summed E-state index contributed by atoms with van der Waals surface area (Å²) in [4.78, 5) is 25.6. The summed E-state index contributed by atoms with van der Waals surface area (Å²) in [5.74, 6) is 2.71. The topological polar surface area (TPSA) is 74.5 Å². The number of nitrogens with one attached hydrogen (secondary N) is 2. The van der Waals surface area contributed by atoms with Crippen LogP contribution >= 0.6 is 0 Å². The number of hydrogen-bond donors (Lipinski definition) is 2. The maximum Gasteiger partial charge on any atom is 0.261 e. The highest BCUT2D eigenvalue weighted by atomic mass is 19.1. The van der Waals surface area contributed by atoms with Gasteiger partial charge in [0.15, 0.2) is 5.96 Å². The van der Waals surface area contributed by atoms with Crippen LogP contribution in [0.15, 0.2) is 58.6 Å². The van der Waals surface area contributed by atoms with Crippen molar-refractivity contribution < 1.29 is 4.39 Å². The van der Waals surface area contributed by atoms with Crippen LogP contribution in [0.1, 0.15) is 46.1 Å². The molecule has 7 nitrogen and oxygen atoms in total. The Morgan fingerprint density at radius 3 is 2.70 bits per heavy atom. The van der Waals surface area contributed by atoms with Crippen molar-refractivity contribution in [1.82, 2.24) is 19.8 Å².